The number of aromatic nitrogens is 1. The molecular weight excluding hydrogens is 357 g/mol. The molecule has 1 aromatic carbocycles. The number of aromatic carboxylic acids is 1. The zero-order chi connectivity index (χ0) is 14.9. The number of hydrogen-bond acceptors (Lipinski definition) is 3. The summed E-state index contributed by atoms with van der Waals surface area (Å²) in [7, 11) is 0. The molecule has 0 bridgehead atoms. The van der Waals surface area contributed by atoms with Crippen LogP contribution in [0.5, 0.6) is 0 Å². The molecule has 0 aliphatic heterocycles. The lowest BCUT2D eigenvalue weighted by atomic mass is 10.2. The molecule has 0 unspecified atom stereocenters. The molecule has 1 aromatic heterocycles. The Kier molecular flexibility index (Phi) is 4.20. The fourth-order valence-corrected chi connectivity index (χ4v) is 2.38. The Morgan fingerprint density at radius 3 is 2.60 bits per heavy atom. The number of pyridine rings is 1. The third-order valence-electron chi connectivity index (χ3n) is 2.34. The van der Waals surface area contributed by atoms with Gasteiger partial charge in [-0.25, -0.2) is 18.6 Å². The Hall–Kier alpha value is -1.73. The number of anilines is 2. The molecule has 0 aliphatic rings. The van der Waals surface area contributed by atoms with Crippen LogP contribution in [-0.2, 0) is 0 Å². The lowest BCUT2D eigenvalue weighted by molar-refractivity contribution is 0.0697. The number of carbonyl (C=O) groups is 1. The summed E-state index contributed by atoms with van der Waals surface area (Å²) in [6.45, 7) is 0. The predicted molar refractivity (Wildman–Crippen MR) is 73.5 cm³/mol. The van der Waals surface area contributed by atoms with Crippen molar-refractivity contribution < 1.29 is 18.7 Å². The van der Waals surface area contributed by atoms with E-state index in [0.29, 0.717) is 0 Å². The molecule has 20 heavy (non-hydrogen) atoms. The van der Waals surface area contributed by atoms with Crippen molar-refractivity contribution in [1.29, 1.82) is 0 Å². The first-order valence-electron chi connectivity index (χ1n) is 5.19. The van der Waals surface area contributed by atoms with Gasteiger partial charge in [-0.1, -0.05) is 11.6 Å². The van der Waals surface area contributed by atoms with Gasteiger partial charge >= 0.3 is 5.97 Å². The molecular formula is C12H6BrClF2N2O2. The van der Waals surface area contributed by atoms with Crippen molar-refractivity contribution in [3.8, 4) is 0 Å². The fraction of sp³-hybridized carbons (Fsp3) is 0. The maximum Gasteiger partial charge on any atom is 0.339 e. The molecule has 0 saturated carbocycles. The average molecular weight is 364 g/mol. The number of rotatable bonds is 3. The Morgan fingerprint density at radius 1 is 1.30 bits per heavy atom. The molecule has 0 saturated heterocycles. The van der Waals surface area contributed by atoms with E-state index in [9.17, 15) is 13.6 Å². The van der Waals surface area contributed by atoms with Gasteiger partial charge in [0.05, 0.1) is 16.9 Å². The van der Waals surface area contributed by atoms with E-state index in [1.54, 1.807) is 0 Å². The highest BCUT2D eigenvalue weighted by Gasteiger charge is 2.16. The van der Waals surface area contributed by atoms with Crippen LogP contribution in [0.25, 0.3) is 0 Å². The summed E-state index contributed by atoms with van der Waals surface area (Å²) in [5.41, 5.74) is -0.132. The molecule has 2 aromatic rings. The van der Waals surface area contributed by atoms with Gasteiger partial charge in [0.1, 0.15) is 23.0 Å². The minimum absolute atomic E-state index is 0.0272. The van der Waals surface area contributed by atoms with Crippen LogP contribution in [0.1, 0.15) is 10.4 Å². The summed E-state index contributed by atoms with van der Waals surface area (Å²) in [6.07, 6.45) is 0.861. The van der Waals surface area contributed by atoms with Crippen LogP contribution in [0.15, 0.2) is 28.9 Å². The van der Waals surface area contributed by atoms with Gasteiger partial charge in [0.25, 0.3) is 0 Å². The van der Waals surface area contributed by atoms with Gasteiger partial charge in [0.15, 0.2) is 0 Å². The smallest absolute Gasteiger partial charge is 0.339 e. The Bertz CT molecular complexity index is 674. The lowest BCUT2D eigenvalue weighted by Gasteiger charge is -2.12. The summed E-state index contributed by atoms with van der Waals surface area (Å²) in [6, 6.07) is 3.03. The van der Waals surface area contributed by atoms with Crippen molar-refractivity contribution in [1.82, 2.24) is 4.98 Å². The lowest BCUT2D eigenvalue weighted by Crippen LogP contribution is -2.06. The van der Waals surface area contributed by atoms with Gasteiger partial charge in [-0.05, 0) is 34.1 Å². The van der Waals surface area contributed by atoms with E-state index >= 15 is 0 Å². The second kappa shape index (κ2) is 5.72. The summed E-state index contributed by atoms with van der Waals surface area (Å²) in [5.74, 6) is -2.79. The first-order chi connectivity index (χ1) is 9.38. The number of nitrogens with one attached hydrogen (secondary N) is 1. The van der Waals surface area contributed by atoms with Crippen molar-refractivity contribution in [2.75, 3.05) is 5.32 Å². The minimum atomic E-state index is -1.35. The van der Waals surface area contributed by atoms with Gasteiger partial charge in [-0.2, -0.15) is 0 Å². The van der Waals surface area contributed by atoms with Crippen LogP contribution >= 0.6 is 27.5 Å². The summed E-state index contributed by atoms with van der Waals surface area (Å²) >= 11 is 8.96. The highest BCUT2D eigenvalue weighted by Crippen LogP contribution is 2.34. The topological polar surface area (TPSA) is 62.2 Å². The van der Waals surface area contributed by atoms with Crippen LogP contribution in [0.4, 0.5) is 20.3 Å². The van der Waals surface area contributed by atoms with Crippen molar-refractivity contribution in [3.63, 3.8) is 0 Å². The third kappa shape index (κ3) is 3.05. The second-order valence-corrected chi connectivity index (χ2v) is 4.99. The van der Waals surface area contributed by atoms with E-state index in [0.717, 1.165) is 24.4 Å². The SMILES string of the molecule is O=C(O)c1cc(F)cnc1Nc1c(Cl)cc(F)cc1Br. The molecule has 0 radical (unpaired) electrons. The van der Waals surface area contributed by atoms with Gasteiger partial charge in [-0.15, -0.1) is 0 Å². The number of benzene rings is 1. The molecule has 0 amide bonds. The van der Waals surface area contributed by atoms with Crippen molar-refractivity contribution >= 4 is 45.0 Å². The standard InChI is InChI=1S/C12H6BrClF2N2O2/c13-8-2-5(15)3-9(14)10(8)18-11-7(12(19)20)1-6(16)4-17-11/h1-4H,(H,17,18)(H,19,20). The van der Waals surface area contributed by atoms with Gasteiger partial charge in [-0.3, -0.25) is 0 Å². The van der Waals surface area contributed by atoms with Gasteiger partial charge in [0.2, 0.25) is 0 Å². The van der Waals surface area contributed by atoms with Crippen molar-refractivity contribution in [2.45, 2.75) is 0 Å². The Balaban J connectivity index is 2.48. The maximum atomic E-state index is 13.1. The van der Waals surface area contributed by atoms with E-state index in [-0.39, 0.29) is 26.6 Å². The molecule has 0 atom stereocenters. The molecule has 4 nitrogen and oxygen atoms in total. The number of nitrogens with zero attached hydrogens (tertiary/aromatic N) is 1. The van der Waals surface area contributed by atoms with Crippen LogP contribution in [0.2, 0.25) is 5.02 Å². The molecule has 1 heterocycles. The van der Waals surface area contributed by atoms with Crippen molar-refractivity contribution in [2.24, 2.45) is 0 Å². The number of hydrogen-bond donors (Lipinski definition) is 2. The zero-order valence-electron chi connectivity index (χ0n) is 9.62. The molecule has 8 heteroatoms. The largest absolute Gasteiger partial charge is 0.478 e. The molecule has 0 fully saturated rings. The van der Waals surface area contributed by atoms with Crippen molar-refractivity contribution in [3.05, 3.63) is 51.1 Å². The highest BCUT2D eigenvalue weighted by molar-refractivity contribution is 9.10. The average Bonchev–Trinajstić information content (AvgIpc) is 2.34. The highest BCUT2D eigenvalue weighted by atomic mass is 79.9. The summed E-state index contributed by atoms with van der Waals surface area (Å²) < 4.78 is 26.4. The van der Waals surface area contributed by atoms with E-state index in [1.165, 1.54) is 0 Å². The number of halogens is 4. The van der Waals surface area contributed by atoms with E-state index in [1.807, 2.05) is 0 Å². The molecule has 0 spiro atoms. The first-order valence-corrected chi connectivity index (χ1v) is 6.36. The first kappa shape index (κ1) is 14.7. The summed E-state index contributed by atoms with van der Waals surface area (Å²) in [4.78, 5) is 14.7. The normalized spacial score (nSPS) is 10.4. The van der Waals surface area contributed by atoms with Crippen LogP contribution in [0.3, 0.4) is 0 Å². The fourth-order valence-electron chi connectivity index (χ4n) is 1.48. The Labute approximate surface area is 125 Å². The zero-order valence-corrected chi connectivity index (χ0v) is 12.0. The van der Waals surface area contributed by atoms with E-state index in [2.05, 4.69) is 26.2 Å². The van der Waals surface area contributed by atoms with Crippen LogP contribution in [-0.4, -0.2) is 16.1 Å². The molecule has 104 valence electrons. The number of carboxylic acid groups (broad SMARTS) is 1. The second-order valence-electron chi connectivity index (χ2n) is 3.72. The predicted octanol–water partition coefficient (Wildman–Crippen LogP) is 4.22. The quantitative estimate of drug-likeness (QED) is 0.857. The Morgan fingerprint density at radius 2 is 2.00 bits per heavy atom. The van der Waals surface area contributed by atoms with Crippen LogP contribution in [0, 0.1) is 11.6 Å². The van der Waals surface area contributed by atoms with E-state index in [4.69, 9.17) is 16.7 Å². The van der Waals surface area contributed by atoms with Crippen LogP contribution < -0.4 is 5.32 Å². The van der Waals surface area contributed by atoms with Gasteiger partial charge < -0.3 is 10.4 Å². The van der Waals surface area contributed by atoms with E-state index < -0.39 is 17.6 Å². The summed E-state index contributed by atoms with van der Waals surface area (Å²) in [5, 5.41) is 11.7. The number of carboxylic acids is 1. The van der Waals surface area contributed by atoms with Gasteiger partial charge in [0, 0.05) is 4.47 Å². The molecule has 2 rings (SSSR count). The molecule has 2 N–H and O–H groups in total. The molecule has 0 aliphatic carbocycles. The minimum Gasteiger partial charge on any atom is -0.478 e. The maximum absolute atomic E-state index is 13.1. The third-order valence-corrected chi connectivity index (χ3v) is 3.26. The monoisotopic (exact) mass is 362 g/mol.